The molecule has 0 unspecified atom stereocenters. The SMILES string of the molecule is Cc1cc(F)cc(NCc2ccoc2C(=O)O)c1. The first-order valence-corrected chi connectivity index (χ1v) is 5.37. The van der Waals surface area contributed by atoms with Gasteiger partial charge in [-0.25, -0.2) is 9.18 Å². The molecule has 2 N–H and O–H groups in total. The molecular formula is C13H12FNO3. The summed E-state index contributed by atoms with van der Waals surface area (Å²) < 4.78 is 18.0. The maximum absolute atomic E-state index is 13.1. The van der Waals surface area contributed by atoms with Crippen molar-refractivity contribution in [3.63, 3.8) is 0 Å². The van der Waals surface area contributed by atoms with Gasteiger partial charge in [0.15, 0.2) is 0 Å². The third-order valence-corrected chi connectivity index (χ3v) is 2.47. The fourth-order valence-corrected chi connectivity index (χ4v) is 1.70. The zero-order valence-corrected chi connectivity index (χ0v) is 9.74. The number of carbonyl (C=O) groups is 1. The number of hydrogen-bond donors (Lipinski definition) is 2. The minimum Gasteiger partial charge on any atom is -0.475 e. The first-order valence-electron chi connectivity index (χ1n) is 5.37. The Morgan fingerprint density at radius 3 is 2.89 bits per heavy atom. The quantitative estimate of drug-likeness (QED) is 0.874. The Hall–Kier alpha value is -2.30. The lowest BCUT2D eigenvalue weighted by Crippen LogP contribution is -2.05. The fourth-order valence-electron chi connectivity index (χ4n) is 1.70. The van der Waals surface area contributed by atoms with Crippen molar-refractivity contribution in [3.8, 4) is 0 Å². The summed E-state index contributed by atoms with van der Waals surface area (Å²) in [5, 5.41) is 11.8. The van der Waals surface area contributed by atoms with Crippen molar-refractivity contribution in [2.45, 2.75) is 13.5 Å². The summed E-state index contributed by atoms with van der Waals surface area (Å²) in [6, 6.07) is 6.13. The molecule has 94 valence electrons. The molecule has 0 fully saturated rings. The van der Waals surface area contributed by atoms with Crippen LogP contribution in [0.3, 0.4) is 0 Å². The lowest BCUT2D eigenvalue weighted by molar-refractivity contribution is 0.0661. The van der Waals surface area contributed by atoms with E-state index in [0.29, 0.717) is 11.3 Å². The second-order valence-corrected chi connectivity index (χ2v) is 3.95. The number of hydrogen-bond acceptors (Lipinski definition) is 3. The van der Waals surface area contributed by atoms with Gasteiger partial charge in [-0.2, -0.15) is 0 Å². The van der Waals surface area contributed by atoms with Crippen LogP contribution in [0.1, 0.15) is 21.7 Å². The number of carboxylic acids is 1. The summed E-state index contributed by atoms with van der Waals surface area (Å²) in [7, 11) is 0. The van der Waals surface area contributed by atoms with Gasteiger partial charge in [-0.15, -0.1) is 0 Å². The van der Waals surface area contributed by atoms with Crippen LogP contribution >= 0.6 is 0 Å². The molecule has 2 rings (SSSR count). The number of carboxylic acid groups (broad SMARTS) is 1. The molecule has 0 atom stereocenters. The number of rotatable bonds is 4. The Morgan fingerprint density at radius 1 is 1.44 bits per heavy atom. The molecule has 1 heterocycles. The van der Waals surface area contributed by atoms with Crippen LogP contribution in [0.25, 0.3) is 0 Å². The molecule has 5 heteroatoms. The molecular weight excluding hydrogens is 237 g/mol. The van der Waals surface area contributed by atoms with E-state index in [1.54, 1.807) is 19.1 Å². The molecule has 1 aromatic carbocycles. The maximum atomic E-state index is 13.1. The lowest BCUT2D eigenvalue weighted by atomic mass is 10.2. The first-order chi connectivity index (χ1) is 8.56. The molecule has 18 heavy (non-hydrogen) atoms. The predicted octanol–water partition coefficient (Wildman–Crippen LogP) is 3.04. The van der Waals surface area contributed by atoms with Crippen molar-refractivity contribution >= 4 is 11.7 Å². The van der Waals surface area contributed by atoms with E-state index in [4.69, 9.17) is 9.52 Å². The van der Waals surface area contributed by atoms with Crippen LogP contribution in [0, 0.1) is 12.7 Å². The number of nitrogens with one attached hydrogen (secondary N) is 1. The second kappa shape index (κ2) is 4.91. The van der Waals surface area contributed by atoms with Gasteiger partial charge in [-0.3, -0.25) is 0 Å². The molecule has 4 nitrogen and oxygen atoms in total. The van der Waals surface area contributed by atoms with Crippen LogP contribution < -0.4 is 5.32 Å². The van der Waals surface area contributed by atoms with Crippen molar-refractivity contribution < 1.29 is 18.7 Å². The van der Waals surface area contributed by atoms with Crippen molar-refractivity contribution in [1.82, 2.24) is 0 Å². The summed E-state index contributed by atoms with van der Waals surface area (Å²) in [6.45, 7) is 2.05. The van der Waals surface area contributed by atoms with E-state index < -0.39 is 5.97 Å². The molecule has 0 spiro atoms. The Kier molecular flexibility index (Phi) is 3.32. The van der Waals surface area contributed by atoms with Gasteiger partial charge in [-0.05, 0) is 36.8 Å². The van der Waals surface area contributed by atoms with Crippen LogP contribution in [0.2, 0.25) is 0 Å². The molecule has 0 saturated carbocycles. The summed E-state index contributed by atoms with van der Waals surface area (Å²) in [4.78, 5) is 10.8. The van der Waals surface area contributed by atoms with Gasteiger partial charge in [0.25, 0.3) is 0 Å². The third-order valence-electron chi connectivity index (χ3n) is 2.47. The molecule has 0 bridgehead atoms. The van der Waals surface area contributed by atoms with Crippen molar-refractivity contribution in [1.29, 1.82) is 0 Å². The smallest absolute Gasteiger partial charge is 0.372 e. The van der Waals surface area contributed by atoms with E-state index in [-0.39, 0.29) is 18.1 Å². The number of anilines is 1. The monoisotopic (exact) mass is 249 g/mol. The van der Waals surface area contributed by atoms with Gasteiger partial charge >= 0.3 is 5.97 Å². The fraction of sp³-hybridized carbons (Fsp3) is 0.154. The highest BCUT2D eigenvalue weighted by atomic mass is 19.1. The van der Waals surface area contributed by atoms with Crippen LogP contribution in [0.4, 0.5) is 10.1 Å². The number of aromatic carboxylic acids is 1. The van der Waals surface area contributed by atoms with Crippen molar-refractivity contribution in [2.75, 3.05) is 5.32 Å². The summed E-state index contributed by atoms with van der Waals surface area (Å²) in [6.07, 6.45) is 1.32. The largest absolute Gasteiger partial charge is 0.475 e. The van der Waals surface area contributed by atoms with Gasteiger partial charge in [0.1, 0.15) is 5.82 Å². The average molecular weight is 249 g/mol. The minimum absolute atomic E-state index is 0.101. The third kappa shape index (κ3) is 2.68. The molecule has 0 radical (unpaired) electrons. The molecule has 2 aromatic rings. The van der Waals surface area contributed by atoms with Crippen molar-refractivity contribution in [3.05, 3.63) is 53.2 Å². The number of benzene rings is 1. The van der Waals surface area contributed by atoms with E-state index >= 15 is 0 Å². The summed E-state index contributed by atoms with van der Waals surface area (Å²) in [5.74, 6) is -1.55. The Labute approximate surface area is 103 Å². The van der Waals surface area contributed by atoms with Gasteiger partial charge in [0.05, 0.1) is 6.26 Å². The maximum Gasteiger partial charge on any atom is 0.372 e. The molecule has 1 aromatic heterocycles. The number of furan rings is 1. The Bertz CT molecular complexity index is 557. The predicted molar refractivity (Wildman–Crippen MR) is 64.1 cm³/mol. The van der Waals surface area contributed by atoms with Crippen LogP contribution in [0.5, 0.6) is 0 Å². The molecule has 0 aliphatic rings. The van der Waals surface area contributed by atoms with Crippen LogP contribution in [-0.2, 0) is 6.54 Å². The summed E-state index contributed by atoms with van der Waals surface area (Å²) in [5.41, 5.74) is 1.91. The Balaban J connectivity index is 2.11. The van der Waals surface area contributed by atoms with Gasteiger partial charge in [0, 0.05) is 17.8 Å². The highest BCUT2D eigenvalue weighted by Crippen LogP contribution is 2.16. The molecule has 0 saturated heterocycles. The van der Waals surface area contributed by atoms with Gasteiger partial charge < -0.3 is 14.8 Å². The first kappa shape index (κ1) is 12.2. The van der Waals surface area contributed by atoms with E-state index in [1.165, 1.54) is 18.4 Å². The molecule has 0 aliphatic heterocycles. The number of aryl methyl sites for hydroxylation is 1. The molecule has 0 amide bonds. The standard InChI is InChI=1S/C13H12FNO3/c1-8-4-10(14)6-11(5-8)15-7-9-2-3-18-12(9)13(16)17/h2-6,15H,7H2,1H3,(H,16,17). The van der Waals surface area contributed by atoms with Gasteiger partial charge in [-0.1, -0.05) is 0 Å². The van der Waals surface area contributed by atoms with Crippen LogP contribution in [0.15, 0.2) is 34.9 Å². The minimum atomic E-state index is -1.12. The van der Waals surface area contributed by atoms with Crippen LogP contribution in [-0.4, -0.2) is 11.1 Å². The zero-order chi connectivity index (χ0) is 13.1. The van der Waals surface area contributed by atoms with Gasteiger partial charge in [0.2, 0.25) is 5.76 Å². The van der Waals surface area contributed by atoms with E-state index in [2.05, 4.69) is 5.32 Å². The van der Waals surface area contributed by atoms with E-state index in [1.807, 2.05) is 0 Å². The normalized spacial score (nSPS) is 10.3. The second-order valence-electron chi connectivity index (χ2n) is 3.95. The van der Waals surface area contributed by atoms with E-state index in [9.17, 15) is 9.18 Å². The highest BCUT2D eigenvalue weighted by molar-refractivity contribution is 5.86. The zero-order valence-electron chi connectivity index (χ0n) is 9.74. The highest BCUT2D eigenvalue weighted by Gasteiger charge is 2.13. The van der Waals surface area contributed by atoms with Crippen molar-refractivity contribution in [2.24, 2.45) is 0 Å². The summed E-state index contributed by atoms with van der Waals surface area (Å²) >= 11 is 0. The number of halogens is 1. The lowest BCUT2D eigenvalue weighted by Gasteiger charge is -2.06. The molecule has 0 aliphatic carbocycles. The topological polar surface area (TPSA) is 62.5 Å². The Morgan fingerprint density at radius 2 is 2.22 bits per heavy atom. The average Bonchev–Trinajstić information content (AvgIpc) is 2.73. The van der Waals surface area contributed by atoms with E-state index in [0.717, 1.165) is 5.56 Å².